The van der Waals surface area contributed by atoms with Gasteiger partial charge in [0.15, 0.2) is 11.5 Å². The average molecular weight is 365 g/mol. The maximum absolute atomic E-state index is 12.7. The third kappa shape index (κ3) is 3.46. The third-order valence-electron chi connectivity index (χ3n) is 4.56. The second-order valence-electron chi connectivity index (χ2n) is 6.32. The molecule has 0 unspecified atom stereocenters. The zero-order valence-electron chi connectivity index (χ0n) is 14.8. The Kier molecular flexibility index (Phi) is 4.69. The van der Waals surface area contributed by atoms with Crippen LogP contribution < -0.4 is 14.8 Å². The highest BCUT2D eigenvalue weighted by molar-refractivity contribution is 6.00. The van der Waals surface area contributed by atoms with Crippen LogP contribution in [0.1, 0.15) is 15.9 Å². The lowest BCUT2D eigenvalue weighted by molar-refractivity contribution is 0.0939. The van der Waals surface area contributed by atoms with Crippen molar-refractivity contribution in [2.75, 3.05) is 20.3 Å². The summed E-state index contributed by atoms with van der Waals surface area (Å²) in [5, 5.41) is 16.9. The molecule has 8 heteroatoms. The Hall–Kier alpha value is -3.42. The van der Waals surface area contributed by atoms with Gasteiger partial charge >= 0.3 is 0 Å². The molecule has 0 saturated carbocycles. The standard InChI is InChI=1S/C19H19N5O3/c1-26-16-8-4-5-13-9-12(11-27-17(13)16)10-20-19(25)15-7-3-2-6-14(15)18-21-23-24-22-18/h2-8,12H,9-11H2,1H3,(H,20,25)(H,21,22,23,24)/t12-/m1/s1. The normalized spacial score (nSPS) is 15.5. The van der Waals surface area contributed by atoms with E-state index >= 15 is 0 Å². The maximum Gasteiger partial charge on any atom is 0.252 e. The summed E-state index contributed by atoms with van der Waals surface area (Å²) in [6.45, 7) is 1.04. The summed E-state index contributed by atoms with van der Waals surface area (Å²) in [6, 6.07) is 13.0. The van der Waals surface area contributed by atoms with Crippen LogP contribution in [0.2, 0.25) is 0 Å². The molecule has 138 valence electrons. The number of H-pyrrole nitrogens is 1. The van der Waals surface area contributed by atoms with E-state index in [0.29, 0.717) is 30.1 Å². The molecule has 2 heterocycles. The fourth-order valence-electron chi connectivity index (χ4n) is 3.23. The number of methoxy groups -OCH3 is 1. The summed E-state index contributed by atoms with van der Waals surface area (Å²) < 4.78 is 11.2. The quantitative estimate of drug-likeness (QED) is 0.715. The number of para-hydroxylation sites is 1. The Bertz CT molecular complexity index is 942. The lowest BCUT2D eigenvalue weighted by Gasteiger charge is -2.26. The van der Waals surface area contributed by atoms with Crippen LogP contribution in [0.25, 0.3) is 11.4 Å². The molecule has 8 nitrogen and oxygen atoms in total. The molecule has 0 saturated heterocycles. The van der Waals surface area contributed by atoms with Crippen LogP contribution in [0.5, 0.6) is 11.5 Å². The minimum absolute atomic E-state index is 0.174. The number of fused-ring (bicyclic) bond motifs is 1. The van der Waals surface area contributed by atoms with Crippen molar-refractivity contribution in [3.63, 3.8) is 0 Å². The highest BCUT2D eigenvalue weighted by Gasteiger charge is 2.24. The second kappa shape index (κ2) is 7.45. The first kappa shape index (κ1) is 17.0. The van der Waals surface area contributed by atoms with E-state index < -0.39 is 0 Å². The fourth-order valence-corrected chi connectivity index (χ4v) is 3.23. The number of benzene rings is 2. The van der Waals surface area contributed by atoms with E-state index in [9.17, 15) is 4.79 Å². The van der Waals surface area contributed by atoms with E-state index in [1.807, 2.05) is 30.3 Å². The van der Waals surface area contributed by atoms with Crippen LogP contribution in [-0.2, 0) is 6.42 Å². The number of aromatic nitrogens is 4. The summed E-state index contributed by atoms with van der Waals surface area (Å²) in [7, 11) is 1.63. The van der Waals surface area contributed by atoms with Crippen molar-refractivity contribution < 1.29 is 14.3 Å². The molecular weight excluding hydrogens is 346 g/mol. The minimum Gasteiger partial charge on any atom is -0.493 e. The van der Waals surface area contributed by atoms with Gasteiger partial charge in [-0.2, -0.15) is 5.21 Å². The Morgan fingerprint density at radius 2 is 2.19 bits per heavy atom. The summed E-state index contributed by atoms with van der Waals surface area (Å²) in [5.74, 6) is 1.94. The number of carbonyl (C=O) groups excluding carboxylic acids is 1. The maximum atomic E-state index is 12.7. The molecule has 0 aliphatic carbocycles. The molecule has 0 bridgehead atoms. The molecule has 0 spiro atoms. The van der Waals surface area contributed by atoms with Crippen LogP contribution in [0.3, 0.4) is 0 Å². The van der Waals surface area contributed by atoms with Crippen molar-refractivity contribution in [1.82, 2.24) is 25.9 Å². The fraction of sp³-hybridized carbons (Fsp3) is 0.263. The first-order valence-electron chi connectivity index (χ1n) is 8.66. The van der Waals surface area contributed by atoms with Crippen molar-refractivity contribution in [2.45, 2.75) is 6.42 Å². The number of tetrazole rings is 1. The van der Waals surface area contributed by atoms with Gasteiger partial charge in [-0.3, -0.25) is 4.79 Å². The lowest BCUT2D eigenvalue weighted by atomic mass is 9.96. The monoisotopic (exact) mass is 365 g/mol. The van der Waals surface area contributed by atoms with Crippen molar-refractivity contribution in [3.05, 3.63) is 53.6 Å². The molecule has 1 aromatic heterocycles. The number of amides is 1. The summed E-state index contributed by atoms with van der Waals surface area (Å²) in [4.78, 5) is 12.7. The van der Waals surface area contributed by atoms with E-state index in [1.165, 1.54) is 0 Å². The molecule has 1 atom stereocenters. The largest absolute Gasteiger partial charge is 0.493 e. The van der Waals surface area contributed by atoms with Gasteiger partial charge in [-0.15, -0.1) is 10.2 Å². The predicted molar refractivity (Wildman–Crippen MR) is 97.6 cm³/mol. The van der Waals surface area contributed by atoms with Crippen LogP contribution in [0.15, 0.2) is 42.5 Å². The molecule has 1 amide bonds. The molecule has 27 heavy (non-hydrogen) atoms. The molecule has 2 aromatic carbocycles. The van der Waals surface area contributed by atoms with Gasteiger partial charge in [0.25, 0.3) is 5.91 Å². The van der Waals surface area contributed by atoms with E-state index in [0.717, 1.165) is 23.5 Å². The SMILES string of the molecule is COc1cccc2c1OC[C@@H](CNC(=O)c1ccccc1-c1nn[nH]n1)C2. The van der Waals surface area contributed by atoms with Gasteiger partial charge in [0.2, 0.25) is 5.82 Å². The van der Waals surface area contributed by atoms with Gasteiger partial charge in [-0.05, 0) is 29.3 Å². The van der Waals surface area contributed by atoms with Crippen LogP contribution >= 0.6 is 0 Å². The topological polar surface area (TPSA) is 102 Å². The summed E-state index contributed by atoms with van der Waals surface area (Å²) >= 11 is 0. The zero-order valence-corrected chi connectivity index (χ0v) is 14.8. The zero-order chi connectivity index (χ0) is 18.6. The van der Waals surface area contributed by atoms with Crippen molar-refractivity contribution in [2.24, 2.45) is 5.92 Å². The van der Waals surface area contributed by atoms with E-state index in [2.05, 4.69) is 25.9 Å². The summed E-state index contributed by atoms with van der Waals surface area (Å²) in [6.07, 6.45) is 0.819. The van der Waals surface area contributed by atoms with Gasteiger partial charge in [-0.1, -0.05) is 30.3 Å². The highest BCUT2D eigenvalue weighted by atomic mass is 16.5. The van der Waals surface area contributed by atoms with E-state index in [4.69, 9.17) is 9.47 Å². The second-order valence-corrected chi connectivity index (χ2v) is 6.32. The number of nitrogens with zero attached hydrogens (tertiary/aromatic N) is 3. The van der Waals surface area contributed by atoms with Gasteiger partial charge in [0, 0.05) is 18.0 Å². The van der Waals surface area contributed by atoms with Crippen LogP contribution in [0, 0.1) is 5.92 Å². The highest BCUT2D eigenvalue weighted by Crippen LogP contribution is 2.35. The molecule has 0 fully saturated rings. The lowest BCUT2D eigenvalue weighted by Crippen LogP contribution is -2.35. The number of nitrogens with one attached hydrogen (secondary N) is 2. The van der Waals surface area contributed by atoms with Crippen molar-refractivity contribution in [1.29, 1.82) is 0 Å². The Morgan fingerprint density at radius 1 is 1.30 bits per heavy atom. The smallest absolute Gasteiger partial charge is 0.252 e. The predicted octanol–water partition coefficient (Wildman–Crippen LogP) is 1.86. The Balaban J connectivity index is 1.44. The molecule has 1 aliphatic heterocycles. The van der Waals surface area contributed by atoms with Crippen molar-refractivity contribution in [3.8, 4) is 22.9 Å². The van der Waals surface area contributed by atoms with Gasteiger partial charge in [-0.25, -0.2) is 0 Å². The first-order chi connectivity index (χ1) is 13.3. The number of carbonyl (C=O) groups is 1. The average Bonchev–Trinajstić information content (AvgIpc) is 3.26. The number of hydrogen-bond acceptors (Lipinski definition) is 6. The number of ether oxygens (including phenoxy) is 2. The van der Waals surface area contributed by atoms with Gasteiger partial charge in [0.1, 0.15) is 0 Å². The Morgan fingerprint density at radius 3 is 3.00 bits per heavy atom. The first-order valence-corrected chi connectivity index (χ1v) is 8.66. The molecule has 0 radical (unpaired) electrons. The number of hydrogen-bond donors (Lipinski definition) is 2. The van der Waals surface area contributed by atoms with Crippen LogP contribution in [-0.4, -0.2) is 46.8 Å². The van der Waals surface area contributed by atoms with Crippen molar-refractivity contribution >= 4 is 5.91 Å². The molecule has 2 N–H and O–H groups in total. The minimum atomic E-state index is -0.174. The van der Waals surface area contributed by atoms with E-state index in [-0.39, 0.29) is 11.8 Å². The molecule has 1 aliphatic rings. The number of aromatic amines is 1. The van der Waals surface area contributed by atoms with E-state index in [1.54, 1.807) is 19.2 Å². The molecule has 4 rings (SSSR count). The third-order valence-corrected chi connectivity index (χ3v) is 4.56. The summed E-state index contributed by atoms with van der Waals surface area (Å²) in [5.41, 5.74) is 2.24. The van der Waals surface area contributed by atoms with Gasteiger partial charge < -0.3 is 14.8 Å². The number of rotatable bonds is 5. The van der Waals surface area contributed by atoms with Crippen LogP contribution in [0.4, 0.5) is 0 Å². The Labute approximate surface area is 155 Å². The molecular formula is C19H19N5O3. The van der Waals surface area contributed by atoms with Gasteiger partial charge in [0.05, 0.1) is 19.3 Å². The molecule has 3 aromatic rings.